The molecular weight excluding hydrogens is 328 g/mol. The molecule has 0 aliphatic carbocycles. The fourth-order valence-corrected chi connectivity index (χ4v) is 2.75. The molecule has 0 bridgehead atoms. The third-order valence-corrected chi connectivity index (χ3v) is 3.79. The first-order valence-corrected chi connectivity index (χ1v) is 6.86. The zero-order valence-electron chi connectivity index (χ0n) is 10.4. The van der Waals surface area contributed by atoms with Crippen LogP contribution in [0.15, 0.2) is 40.9 Å². The quantitative estimate of drug-likeness (QED) is 0.815. The minimum absolute atomic E-state index is 0.0390. The number of nitrogens with zero attached hydrogens (tertiary/aromatic N) is 1. The van der Waals surface area contributed by atoms with Crippen molar-refractivity contribution in [1.29, 1.82) is 0 Å². The lowest BCUT2D eigenvalue weighted by molar-refractivity contribution is -0.117. The van der Waals surface area contributed by atoms with E-state index < -0.39 is 11.6 Å². The van der Waals surface area contributed by atoms with Gasteiger partial charge in [-0.2, -0.15) is 0 Å². The number of rotatable bonds is 2. The van der Waals surface area contributed by atoms with Crippen molar-refractivity contribution in [2.45, 2.75) is 13.0 Å². The van der Waals surface area contributed by atoms with Crippen molar-refractivity contribution in [3.63, 3.8) is 0 Å². The standard InChI is InChI=1S/C15H10BrF2NO/c16-11-2-4-14-10(6-11)7-15(20)19(14)8-9-1-3-12(17)13(18)5-9/h1-6H,7-8H2. The predicted octanol–water partition coefficient (Wildman–Crippen LogP) is 3.82. The van der Waals surface area contributed by atoms with Crippen LogP contribution in [-0.4, -0.2) is 5.91 Å². The van der Waals surface area contributed by atoms with E-state index in [4.69, 9.17) is 0 Å². The molecule has 0 saturated heterocycles. The van der Waals surface area contributed by atoms with Crippen molar-refractivity contribution in [3.8, 4) is 0 Å². The number of carbonyl (C=O) groups is 1. The molecule has 2 nitrogen and oxygen atoms in total. The van der Waals surface area contributed by atoms with Crippen LogP contribution in [0.4, 0.5) is 14.5 Å². The summed E-state index contributed by atoms with van der Waals surface area (Å²) in [6, 6.07) is 9.30. The number of hydrogen-bond donors (Lipinski definition) is 0. The Bertz CT molecular complexity index is 702. The third-order valence-electron chi connectivity index (χ3n) is 3.30. The molecule has 0 N–H and O–H groups in total. The van der Waals surface area contributed by atoms with E-state index in [-0.39, 0.29) is 12.5 Å². The van der Waals surface area contributed by atoms with Crippen LogP contribution in [-0.2, 0) is 17.8 Å². The van der Waals surface area contributed by atoms with Gasteiger partial charge in [-0.15, -0.1) is 0 Å². The maximum Gasteiger partial charge on any atom is 0.231 e. The zero-order chi connectivity index (χ0) is 14.3. The molecule has 3 rings (SSSR count). The summed E-state index contributed by atoms with van der Waals surface area (Å²) < 4.78 is 27.0. The Morgan fingerprint density at radius 1 is 1.10 bits per heavy atom. The Morgan fingerprint density at radius 2 is 1.90 bits per heavy atom. The van der Waals surface area contributed by atoms with E-state index in [0.717, 1.165) is 27.9 Å². The molecule has 5 heteroatoms. The van der Waals surface area contributed by atoms with Crippen molar-refractivity contribution in [2.24, 2.45) is 0 Å². The number of amides is 1. The maximum absolute atomic E-state index is 13.2. The topological polar surface area (TPSA) is 20.3 Å². The average molecular weight is 338 g/mol. The summed E-state index contributed by atoms with van der Waals surface area (Å²) in [7, 11) is 0. The zero-order valence-corrected chi connectivity index (χ0v) is 12.0. The highest BCUT2D eigenvalue weighted by molar-refractivity contribution is 9.10. The van der Waals surface area contributed by atoms with Crippen LogP contribution in [0, 0.1) is 11.6 Å². The van der Waals surface area contributed by atoms with Crippen LogP contribution in [0.25, 0.3) is 0 Å². The average Bonchev–Trinajstić information content (AvgIpc) is 2.69. The molecule has 102 valence electrons. The maximum atomic E-state index is 13.2. The predicted molar refractivity (Wildman–Crippen MR) is 75.4 cm³/mol. The Labute approximate surface area is 123 Å². The first kappa shape index (κ1) is 13.2. The first-order valence-electron chi connectivity index (χ1n) is 6.07. The largest absolute Gasteiger partial charge is 0.307 e. The van der Waals surface area contributed by atoms with Gasteiger partial charge in [0.25, 0.3) is 0 Å². The monoisotopic (exact) mass is 337 g/mol. The Kier molecular flexibility index (Phi) is 3.30. The van der Waals surface area contributed by atoms with Gasteiger partial charge >= 0.3 is 0 Å². The summed E-state index contributed by atoms with van der Waals surface area (Å²) >= 11 is 3.37. The van der Waals surface area contributed by atoms with Crippen LogP contribution in [0.2, 0.25) is 0 Å². The van der Waals surface area contributed by atoms with Gasteiger partial charge in [0.05, 0.1) is 13.0 Å². The van der Waals surface area contributed by atoms with Crippen molar-refractivity contribution in [3.05, 3.63) is 63.6 Å². The highest BCUT2D eigenvalue weighted by Crippen LogP contribution is 2.32. The van der Waals surface area contributed by atoms with Crippen LogP contribution in [0.5, 0.6) is 0 Å². The molecule has 2 aromatic carbocycles. The molecule has 0 spiro atoms. The summed E-state index contributed by atoms with van der Waals surface area (Å²) in [5.74, 6) is -1.82. The molecule has 0 fully saturated rings. The second kappa shape index (κ2) is 4.98. The fraction of sp³-hybridized carbons (Fsp3) is 0.133. The van der Waals surface area contributed by atoms with E-state index in [1.807, 2.05) is 18.2 Å². The molecule has 0 radical (unpaired) electrons. The molecule has 20 heavy (non-hydrogen) atoms. The van der Waals surface area contributed by atoms with Crippen molar-refractivity contribution in [2.75, 3.05) is 4.90 Å². The van der Waals surface area contributed by atoms with E-state index in [0.29, 0.717) is 12.0 Å². The van der Waals surface area contributed by atoms with Gasteiger partial charge in [-0.25, -0.2) is 8.78 Å². The Hall–Kier alpha value is -1.75. The summed E-state index contributed by atoms with van der Waals surface area (Å²) in [4.78, 5) is 13.6. The second-order valence-corrected chi connectivity index (χ2v) is 5.59. The van der Waals surface area contributed by atoms with Gasteiger partial charge in [-0.3, -0.25) is 4.79 Å². The molecule has 0 saturated carbocycles. The lowest BCUT2D eigenvalue weighted by Gasteiger charge is -2.17. The third kappa shape index (κ3) is 2.33. The van der Waals surface area contributed by atoms with E-state index in [1.165, 1.54) is 6.07 Å². The van der Waals surface area contributed by atoms with Crippen molar-refractivity contribution in [1.82, 2.24) is 0 Å². The van der Waals surface area contributed by atoms with E-state index >= 15 is 0 Å². The van der Waals surface area contributed by atoms with Crippen LogP contribution in [0.3, 0.4) is 0 Å². The van der Waals surface area contributed by atoms with Crippen LogP contribution < -0.4 is 4.90 Å². The molecule has 1 amide bonds. The van der Waals surface area contributed by atoms with Gasteiger partial charge in [0.1, 0.15) is 0 Å². The minimum Gasteiger partial charge on any atom is -0.307 e. The number of benzene rings is 2. The molecule has 1 heterocycles. The van der Waals surface area contributed by atoms with Crippen LogP contribution >= 0.6 is 15.9 Å². The number of halogens is 3. The van der Waals surface area contributed by atoms with Crippen molar-refractivity contribution >= 4 is 27.5 Å². The molecule has 2 aromatic rings. The number of carbonyl (C=O) groups excluding carboxylic acids is 1. The van der Waals surface area contributed by atoms with E-state index in [2.05, 4.69) is 15.9 Å². The van der Waals surface area contributed by atoms with Gasteiger partial charge in [0.2, 0.25) is 5.91 Å². The number of fused-ring (bicyclic) bond motifs is 1. The summed E-state index contributed by atoms with van der Waals surface area (Å²) in [6.45, 7) is 0.241. The molecule has 1 aliphatic heterocycles. The smallest absolute Gasteiger partial charge is 0.231 e. The van der Waals surface area contributed by atoms with E-state index in [1.54, 1.807) is 4.90 Å². The van der Waals surface area contributed by atoms with Gasteiger partial charge in [-0.05, 0) is 41.5 Å². The molecule has 0 unspecified atom stereocenters. The first-order chi connectivity index (χ1) is 9.54. The fourth-order valence-electron chi connectivity index (χ4n) is 2.35. The summed E-state index contributed by atoms with van der Waals surface area (Å²) in [5, 5.41) is 0. The van der Waals surface area contributed by atoms with Crippen LogP contribution in [0.1, 0.15) is 11.1 Å². The molecule has 0 aromatic heterocycles. The van der Waals surface area contributed by atoms with Gasteiger partial charge < -0.3 is 4.90 Å². The number of anilines is 1. The summed E-state index contributed by atoms with van der Waals surface area (Å²) in [5.41, 5.74) is 2.32. The summed E-state index contributed by atoms with van der Waals surface area (Å²) in [6.07, 6.45) is 0.332. The minimum atomic E-state index is -0.898. The van der Waals surface area contributed by atoms with Gasteiger partial charge in [0.15, 0.2) is 11.6 Å². The van der Waals surface area contributed by atoms with Gasteiger partial charge in [-0.1, -0.05) is 22.0 Å². The Morgan fingerprint density at radius 3 is 2.65 bits per heavy atom. The lowest BCUT2D eigenvalue weighted by Crippen LogP contribution is -2.26. The Balaban J connectivity index is 1.92. The molecular formula is C15H10BrF2NO. The normalized spacial score (nSPS) is 13.8. The van der Waals surface area contributed by atoms with Gasteiger partial charge in [0, 0.05) is 10.2 Å². The number of hydrogen-bond acceptors (Lipinski definition) is 1. The molecule has 0 atom stereocenters. The second-order valence-electron chi connectivity index (χ2n) is 4.68. The van der Waals surface area contributed by atoms with Crippen molar-refractivity contribution < 1.29 is 13.6 Å². The van der Waals surface area contributed by atoms with E-state index in [9.17, 15) is 13.6 Å². The highest BCUT2D eigenvalue weighted by Gasteiger charge is 2.27. The molecule has 1 aliphatic rings. The lowest BCUT2D eigenvalue weighted by atomic mass is 10.1. The SMILES string of the molecule is O=C1Cc2cc(Br)ccc2N1Cc1ccc(F)c(F)c1. The highest BCUT2D eigenvalue weighted by atomic mass is 79.9.